The molecule has 1 aromatic heterocycles. The van der Waals surface area contributed by atoms with E-state index in [-0.39, 0.29) is 47.6 Å². The Kier molecular flexibility index (Phi) is 6.59. The van der Waals surface area contributed by atoms with Crippen LogP contribution in [0.1, 0.15) is 40.0 Å². The van der Waals surface area contributed by atoms with Crippen molar-refractivity contribution in [3.8, 4) is 28.8 Å². The summed E-state index contributed by atoms with van der Waals surface area (Å²) in [6.45, 7) is 1.73. The lowest BCUT2D eigenvalue weighted by Crippen LogP contribution is -2.27. The van der Waals surface area contributed by atoms with Gasteiger partial charge in [-0.15, -0.1) is 11.3 Å². The number of primary amides is 1. The molecule has 10 heteroatoms. The van der Waals surface area contributed by atoms with Gasteiger partial charge in [0.25, 0.3) is 5.91 Å². The number of ether oxygens (including phenoxy) is 1. The van der Waals surface area contributed by atoms with E-state index in [0.717, 1.165) is 17.4 Å². The zero-order valence-electron chi connectivity index (χ0n) is 17.1. The molecule has 1 aromatic carbocycles. The number of rotatable bonds is 5. The minimum Gasteiger partial charge on any atom is -0.489 e. The summed E-state index contributed by atoms with van der Waals surface area (Å²) < 4.78 is 20.2. The molecule has 0 saturated heterocycles. The average Bonchev–Trinajstić information content (AvgIpc) is 3.14. The molecule has 1 aliphatic heterocycles. The van der Waals surface area contributed by atoms with Crippen LogP contribution in [-0.2, 0) is 10.4 Å². The zero-order valence-corrected chi connectivity index (χ0v) is 17.9. The van der Waals surface area contributed by atoms with Gasteiger partial charge < -0.3 is 25.6 Å². The molecule has 0 bridgehead atoms. The van der Waals surface area contributed by atoms with Crippen molar-refractivity contribution in [2.75, 3.05) is 26.8 Å². The lowest BCUT2D eigenvalue weighted by atomic mass is 10.0. The Morgan fingerprint density at radius 1 is 1.45 bits per heavy atom. The Bertz CT molecular complexity index is 1090. The molecular formula is C21H22FN3O5S. The maximum absolute atomic E-state index is 14.6. The fourth-order valence-electron chi connectivity index (χ4n) is 2.99. The lowest BCUT2D eigenvalue weighted by Gasteiger charge is -2.19. The Labute approximate surface area is 182 Å². The molecule has 1 unspecified atom stereocenters. The van der Waals surface area contributed by atoms with Gasteiger partial charge in [-0.25, -0.2) is 9.37 Å². The molecule has 0 fully saturated rings. The third-order valence-electron chi connectivity index (χ3n) is 4.70. The predicted octanol–water partition coefficient (Wildman–Crippen LogP) is 1.23. The summed E-state index contributed by atoms with van der Waals surface area (Å²) in [6.07, 6.45) is 0.347. The van der Waals surface area contributed by atoms with E-state index >= 15 is 0 Å². The SMILES string of the molecule is CN(CCCO)C(=O)CC#Cc1cc2c(cc1F)OCC(C)(O)c1sc(C(N)=O)nc1-2. The monoisotopic (exact) mass is 447 g/mol. The van der Waals surface area contributed by atoms with Crippen LogP contribution in [-0.4, -0.2) is 58.7 Å². The van der Waals surface area contributed by atoms with E-state index < -0.39 is 17.3 Å². The number of hydrogen-bond acceptors (Lipinski definition) is 7. The molecule has 31 heavy (non-hydrogen) atoms. The van der Waals surface area contributed by atoms with Gasteiger partial charge >= 0.3 is 0 Å². The number of amides is 2. The number of thiazole rings is 1. The molecule has 0 radical (unpaired) electrons. The summed E-state index contributed by atoms with van der Waals surface area (Å²) in [5.74, 6) is 3.83. The second-order valence-electron chi connectivity index (χ2n) is 7.32. The molecule has 1 atom stereocenters. The highest BCUT2D eigenvalue weighted by molar-refractivity contribution is 7.14. The van der Waals surface area contributed by atoms with Crippen molar-refractivity contribution >= 4 is 23.2 Å². The van der Waals surface area contributed by atoms with E-state index in [1.807, 2.05) is 0 Å². The third-order valence-corrected chi connectivity index (χ3v) is 6.02. The number of halogens is 1. The molecule has 0 aliphatic carbocycles. The Balaban J connectivity index is 1.95. The normalized spacial score (nSPS) is 16.8. The summed E-state index contributed by atoms with van der Waals surface area (Å²) in [7, 11) is 1.60. The third kappa shape index (κ3) is 4.85. The van der Waals surface area contributed by atoms with Crippen LogP contribution in [0.3, 0.4) is 0 Å². The second-order valence-corrected chi connectivity index (χ2v) is 8.32. The summed E-state index contributed by atoms with van der Waals surface area (Å²) in [5.41, 5.74) is 4.56. The summed E-state index contributed by atoms with van der Waals surface area (Å²) in [6, 6.07) is 2.56. The molecule has 2 amide bonds. The maximum Gasteiger partial charge on any atom is 0.277 e. The van der Waals surface area contributed by atoms with E-state index in [9.17, 15) is 19.1 Å². The van der Waals surface area contributed by atoms with Crippen molar-refractivity contribution in [2.24, 2.45) is 5.73 Å². The molecule has 4 N–H and O–H groups in total. The smallest absolute Gasteiger partial charge is 0.277 e. The van der Waals surface area contributed by atoms with Gasteiger partial charge in [-0.1, -0.05) is 11.8 Å². The van der Waals surface area contributed by atoms with Gasteiger partial charge in [0, 0.05) is 31.8 Å². The van der Waals surface area contributed by atoms with E-state index in [4.69, 9.17) is 15.6 Å². The first-order valence-electron chi connectivity index (χ1n) is 9.48. The molecule has 164 valence electrons. The minimum absolute atomic E-state index is 0.0192. The van der Waals surface area contributed by atoms with Crippen LogP contribution < -0.4 is 10.5 Å². The Morgan fingerprint density at radius 3 is 2.87 bits per heavy atom. The van der Waals surface area contributed by atoms with Crippen LogP contribution in [0, 0.1) is 17.7 Å². The van der Waals surface area contributed by atoms with Gasteiger partial charge in [-0.2, -0.15) is 0 Å². The molecule has 8 nitrogen and oxygen atoms in total. The Hall–Kier alpha value is -3.00. The second kappa shape index (κ2) is 9.01. The van der Waals surface area contributed by atoms with Crippen LogP contribution in [0.5, 0.6) is 5.75 Å². The molecule has 2 heterocycles. The van der Waals surface area contributed by atoms with Crippen molar-refractivity contribution in [1.29, 1.82) is 0 Å². The van der Waals surface area contributed by atoms with E-state index in [1.54, 1.807) is 7.05 Å². The number of aliphatic hydroxyl groups excluding tert-OH is 1. The van der Waals surface area contributed by atoms with Gasteiger partial charge in [0.1, 0.15) is 23.8 Å². The maximum atomic E-state index is 14.6. The molecule has 2 aromatic rings. The number of carbonyl (C=O) groups excluding carboxylic acids is 2. The van der Waals surface area contributed by atoms with Crippen molar-refractivity contribution in [1.82, 2.24) is 9.88 Å². The van der Waals surface area contributed by atoms with Gasteiger partial charge in [0.15, 0.2) is 5.01 Å². The van der Waals surface area contributed by atoms with E-state index in [1.165, 1.54) is 17.9 Å². The molecule has 3 rings (SSSR count). The van der Waals surface area contributed by atoms with E-state index in [2.05, 4.69) is 16.8 Å². The highest BCUT2D eigenvalue weighted by Crippen LogP contribution is 2.44. The van der Waals surface area contributed by atoms with Gasteiger partial charge in [-0.05, 0) is 19.4 Å². The number of nitrogens with zero attached hydrogens (tertiary/aromatic N) is 2. The van der Waals surface area contributed by atoms with Crippen LogP contribution in [0.4, 0.5) is 4.39 Å². The fraction of sp³-hybridized carbons (Fsp3) is 0.381. The summed E-state index contributed by atoms with van der Waals surface area (Å²) >= 11 is 0.955. The first-order chi connectivity index (χ1) is 14.6. The van der Waals surface area contributed by atoms with Crippen LogP contribution in [0.15, 0.2) is 12.1 Å². The Morgan fingerprint density at radius 2 is 2.19 bits per heavy atom. The topological polar surface area (TPSA) is 126 Å². The van der Waals surface area contributed by atoms with Crippen LogP contribution in [0.25, 0.3) is 11.3 Å². The standard InChI is InChI=1S/C21H22FN3O5S/c1-21(29)11-30-15-10-14(22)12(5-3-6-16(27)25(2)7-4-8-26)9-13(15)17-18(21)31-20(24-17)19(23)28/h9-10,26,29H,4,6-8,11H2,1-2H3,(H2,23,28). The van der Waals surface area contributed by atoms with Gasteiger partial charge in [0.05, 0.1) is 22.6 Å². The highest BCUT2D eigenvalue weighted by Gasteiger charge is 2.36. The minimum atomic E-state index is -1.45. The van der Waals surface area contributed by atoms with Crippen molar-refractivity contribution in [2.45, 2.75) is 25.4 Å². The molecule has 0 saturated carbocycles. The number of hydrogen-bond donors (Lipinski definition) is 3. The van der Waals surface area contributed by atoms with Crippen molar-refractivity contribution in [3.05, 3.63) is 33.4 Å². The summed E-state index contributed by atoms with van der Waals surface area (Å²) in [5, 5.41) is 19.6. The largest absolute Gasteiger partial charge is 0.489 e. The number of carbonyl (C=O) groups is 2. The zero-order chi connectivity index (χ0) is 22.8. The number of benzene rings is 1. The highest BCUT2D eigenvalue weighted by atomic mass is 32.1. The fourth-order valence-corrected chi connectivity index (χ4v) is 3.96. The first kappa shape index (κ1) is 22.7. The number of nitrogens with two attached hydrogens (primary N) is 1. The van der Waals surface area contributed by atoms with E-state index in [0.29, 0.717) is 23.4 Å². The van der Waals surface area contributed by atoms with Gasteiger partial charge in [-0.3, -0.25) is 9.59 Å². The number of aromatic nitrogens is 1. The average molecular weight is 447 g/mol. The number of fused-ring (bicyclic) bond motifs is 3. The lowest BCUT2D eigenvalue weighted by molar-refractivity contribution is -0.128. The first-order valence-corrected chi connectivity index (χ1v) is 10.3. The van der Waals surface area contributed by atoms with Gasteiger partial charge in [0.2, 0.25) is 5.91 Å². The summed E-state index contributed by atoms with van der Waals surface area (Å²) in [4.78, 5) is 29.7. The van der Waals surface area contributed by atoms with Crippen molar-refractivity contribution < 1.29 is 28.9 Å². The molecule has 1 aliphatic rings. The quantitative estimate of drug-likeness (QED) is 0.592. The number of aliphatic hydroxyl groups is 2. The molecule has 0 spiro atoms. The van der Waals surface area contributed by atoms with Crippen LogP contribution >= 0.6 is 11.3 Å². The van der Waals surface area contributed by atoms with Crippen LogP contribution in [0.2, 0.25) is 0 Å². The van der Waals surface area contributed by atoms with Crippen molar-refractivity contribution in [3.63, 3.8) is 0 Å². The predicted molar refractivity (Wildman–Crippen MR) is 112 cm³/mol. The molecular weight excluding hydrogens is 425 g/mol.